The fraction of sp³-hybridized carbons (Fsp3) is 0.444. The lowest BCUT2D eigenvalue weighted by atomic mass is 9.93. The number of alkyl carbamates (subject to hydrolysis) is 1. The summed E-state index contributed by atoms with van der Waals surface area (Å²) in [6.45, 7) is 10.8. The van der Waals surface area contributed by atoms with E-state index in [1.165, 1.54) is 12.2 Å². The Morgan fingerprint density at radius 1 is 0.979 bits per heavy atom. The molecule has 0 aromatic heterocycles. The van der Waals surface area contributed by atoms with Gasteiger partial charge in [-0.05, 0) is 78.2 Å². The molecule has 254 valence electrons. The van der Waals surface area contributed by atoms with Gasteiger partial charge in [-0.2, -0.15) is 0 Å². The Hall–Kier alpha value is -4.64. The van der Waals surface area contributed by atoms with Crippen LogP contribution in [0.15, 0.2) is 85.0 Å². The average Bonchev–Trinajstić information content (AvgIpc) is 3.33. The van der Waals surface area contributed by atoms with Gasteiger partial charge in [0.25, 0.3) is 0 Å². The molecule has 47 heavy (non-hydrogen) atoms. The van der Waals surface area contributed by atoms with Crippen LogP contribution in [-0.4, -0.2) is 71.8 Å². The first-order chi connectivity index (χ1) is 22.2. The second kappa shape index (κ2) is 16.8. The van der Waals surface area contributed by atoms with Crippen molar-refractivity contribution in [3.8, 4) is 0 Å². The molecular weight excluding hydrogens is 604 g/mol. The minimum atomic E-state index is -1.37. The van der Waals surface area contributed by atoms with E-state index in [1.54, 1.807) is 76.8 Å². The number of nitrogens with one attached hydrogen (secondary N) is 1. The minimum Gasteiger partial charge on any atom is -0.463 e. The molecule has 0 saturated carbocycles. The molecule has 3 rings (SSSR count). The van der Waals surface area contributed by atoms with Crippen molar-refractivity contribution < 1.29 is 42.9 Å². The molecule has 1 fully saturated rings. The number of ether oxygens (including phenoxy) is 5. The summed E-state index contributed by atoms with van der Waals surface area (Å²) < 4.78 is 27.7. The molecule has 2 aromatic carbocycles. The van der Waals surface area contributed by atoms with Crippen LogP contribution in [0.4, 0.5) is 9.59 Å². The molecule has 0 radical (unpaired) electrons. The third-order valence-corrected chi connectivity index (χ3v) is 7.08. The summed E-state index contributed by atoms with van der Waals surface area (Å²) in [7, 11) is 0. The Morgan fingerprint density at radius 3 is 2.28 bits per heavy atom. The number of allylic oxidation sites excluding steroid dienone is 1. The zero-order valence-corrected chi connectivity index (χ0v) is 28.0. The van der Waals surface area contributed by atoms with Gasteiger partial charge in [-0.15, -0.1) is 0 Å². The summed E-state index contributed by atoms with van der Waals surface area (Å²) in [5.41, 5.74) is -1.84. The maximum absolute atomic E-state index is 13.1. The van der Waals surface area contributed by atoms with Crippen LogP contribution in [0.2, 0.25) is 0 Å². The smallest absolute Gasteiger partial charge is 0.413 e. The zero-order chi connectivity index (χ0) is 34.5. The number of carbonyl (C=O) groups is 4. The van der Waals surface area contributed by atoms with Gasteiger partial charge >= 0.3 is 24.1 Å². The van der Waals surface area contributed by atoms with Crippen molar-refractivity contribution in [2.75, 3.05) is 19.8 Å². The van der Waals surface area contributed by atoms with Crippen molar-refractivity contribution in [2.24, 2.45) is 0 Å². The number of nitrogens with zero attached hydrogens (tertiary/aromatic N) is 1. The molecule has 1 aliphatic rings. The first kappa shape index (κ1) is 36.8. The normalized spacial score (nSPS) is 17.2. The Balaban J connectivity index is 1.85. The van der Waals surface area contributed by atoms with Crippen LogP contribution in [0.25, 0.3) is 0 Å². The molecule has 11 heteroatoms. The highest BCUT2D eigenvalue weighted by atomic mass is 16.6. The molecule has 1 N–H and O–H groups in total. The summed E-state index contributed by atoms with van der Waals surface area (Å²) >= 11 is 0. The summed E-state index contributed by atoms with van der Waals surface area (Å²) in [6, 6.07) is 17.2. The van der Waals surface area contributed by atoms with E-state index in [0.717, 1.165) is 5.56 Å². The standard InChI is InChI=1S/C36H46N2O9/c1-7-43-30(39)21-23-36(26-45-31(40)28-18-12-9-13-19-28,37-32(41)44-24-27-16-10-8-11-17-27)22-15-14-20-29-25-46-35(5,6)38(29)33(42)47-34(2,3)4/h8-14,16-21,23,29H,7,15,22,24-26H2,1-6H3,(H,37,41)/b20-14-,23-21+/t29-,36+/m0/s1. The predicted octanol–water partition coefficient (Wildman–Crippen LogP) is 6.34. The molecule has 2 atom stereocenters. The fourth-order valence-corrected chi connectivity index (χ4v) is 4.81. The van der Waals surface area contributed by atoms with Gasteiger partial charge in [0.2, 0.25) is 0 Å². The molecule has 1 saturated heterocycles. The van der Waals surface area contributed by atoms with Crippen LogP contribution in [0.1, 0.15) is 70.3 Å². The van der Waals surface area contributed by atoms with Crippen LogP contribution < -0.4 is 5.32 Å². The van der Waals surface area contributed by atoms with Crippen LogP contribution >= 0.6 is 0 Å². The van der Waals surface area contributed by atoms with Gasteiger partial charge in [0, 0.05) is 6.08 Å². The van der Waals surface area contributed by atoms with Crippen LogP contribution in [0.5, 0.6) is 0 Å². The number of benzene rings is 2. The molecule has 0 unspecified atom stereocenters. The molecule has 1 aliphatic heterocycles. The van der Waals surface area contributed by atoms with Crippen LogP contribution in [0.3, 0.4) is 0 Å². The van der Waals surface area contributed by atoms with Crippen molar-refractivity contribution >= 4 is 24.1 Å². The van der Waals surface area contributed by atoms with E-state index in [9.17, 15) is 19.2 Å². The topological polar surface area (TPSA) is 130 Å². The lowest BCUT2D eigenvalue weighted by Gasteiger charge is -2.34. The summed E-state index contributed by atoms with van der Waals surface area (Å²) in [6.07, 6.45) is 5.58. The number of carbonyl (C=O) groups excluding carboxylic acids is 4. The first-order valence-electron chi connectivity index (χ1n) is 15.6. The van der Waals surface area contributed by atoms with Gasteiger partial charge in [0.1, 0.15) is 24.5 Å². The third-order valence-electron chi connectivity index (χ3n) is 7.08. The maximum Gasteiger partial charge on any atom is 0.413 e. The van der Waals surface area contributed by atoms with E-state index in [2.05, 4.69) is 5.32 Å². The minimum absolute atomic E-state index is 0.00597. The van der Waals surface area contributed by atoms with E-state index in [1.807, 2.05) is 42.5 Å². The van der Waals surface area contributed by atoms with E-state index >= 15 is 0 Å². The second-order valence-corrected chi connectivity index (χ2v) is 12.5. The Labute approximate surface area is 276 Å². The maximum atomic E-state index is 13.1. The van der Waals surface area contributed by atoms with Gasteiger partial charge in [0.15, 0.2) is 0 Å². The van der Waals surface area contributed by atoms with Gasteiger partial charge < -0.3 is 29.0 Å². The van der Waals surface area contributed by atoms with Crippen LogP contribution in [0, 0.1) is 0 Å². The Bertz CT molecular complexity index is 1400. The van der Waals surface area contributed by atoms with Crippen molar-refractivity contribution in [2.45, 2.75) is 83.9 Å². The lowest BCUT2D eigenvalue weighted by molar-refractivity contribution is -0.137. The number of esters is 2. The van der Waals surface area contributed by atoms with E-state index in [4.69, 9.17) is 23.7 Å². The van der Waals surface area contributed by atoms with Gasteiger partial charge in [-0.3, -0.25) is 4.90 Å². The van der Waals surface area contributed by atoms with E-state index < -0.39 is 47.0 Å². The molecule has 1 heterocycles. The number of rotatable bonds is 13. The molecular formula is C36H46N2O9. The van der Waals surface area contributed by atoms with Crippen molar-refractivity contribution in [3.63, 3.8) is 0 Å². The molecule has 0 spiro atoms. The van der Waals surface area contributed by atoms with Crippen LogP contribution in [-0.2, 0) is 35.1 Å². The fourth-order valence-electron chi connectivity index (χ4n) is 4.81. The summed E-state index contributed by atoms with van der Waals surface area (Å²) in [5, 5.41) is 2.82. The Kier molecular flexibility index (Phi) is 13.1. The monoisotopic (exact) mass is 650 g/mol. The number of hydrogen-bond donors (Lipinski definition) is 1. The van der Waals surface area contributed by atoms with Crippen molar-refractivity contribution in [1.29, 1.82) is 0 Å². The molecule has 2 amide bonds. The van der Waals surface area contributed by atoms with Gasteiger partial charge in [-0.25, -0.2) is 19.2 Å². The number of hydrogen-bond acceptors (Lipinski definition) is 9. The van der Waals surface area contributed by atoms with E-state index in [0.29, 0.717) is 12.0 Å². The quantitative estimate of drug-likeness (QED) is 0.114. The summed E-state index contributed by atoms with van der Waals surface area (Å²) in [4.78, 5) is 53.1. The largest absolute Gasteiger partial charge is 0.463 e. The molecule has 0 aliphatic carbocycles. The van der Waals surface area contributed by atoms with Gasteiger partial charge in [0.05, 0.1) is 30.4 Å². The summed E-state index contributed by atoms with van der Waals surface area (Å²) in [5.74, 6) is -1.23. The first-order valence-corrected chi connectivity index (χ1v) is 15.6. The molecule has 11 nitrogen and oxygen atoms in total. The predicted molar refractivity (Wildman–Crippen MR) is 175 cm³/mol. The molecule has 2 aromatic rings. The average molecular weight is 651 g/mol. The Morgan fingerprint density at radius 2 is 1.64 bits per heavy atom. The van der Waals surface area contributed by atoms with Crippen molar-refractivity contribution in [1.82, 2.24) is 10.2 Å². The SMILES string of the molecule is CCOC(=O)/C=C/[C@](CC/C=C\[C@H]1COC(C)(C)N1C(=O)OC(C)(C)C)(COC(=O)c1ccccc1)NC(=O)OCc1ccccc1. The number of amides is 2. The highest BCUT2D eigenvalue weighted by Gasteiger charge is 2.44. The van der Waals surface area contributed by atoms with E-state index in [-0.39, 0.29) is 32.8 Å². The van der Waals surface area contributed by atoms with Crippen molar-refractivity contribution in [3.05, 3.63) is 96.1 Å². The second-order valence-electron chi connectivity index (χ2n) is 12.5. The van der Waals surface area contributed by atoms with Gasteiger partial charge in [-0.1, -0.05) is 60.7 Å². The highest BCUT2D eigenvalue weighted by Crippen LogP contribution is 2.30. The third kappa shape index (κ3) is 11.9. The zero-order valence-electron chi connectivity index (χ0n) is 28.0. The molecule has 0 bridgehead atoms. The highest BCUT2D eigenvalue weighted by molar-refractivity contribution is 5.89. The lowest BCUT2D eigenvalue weighted by Crippen LogP contribution is -2.51.